The van der Waals surface area contributed by atoms with E-state index in [4.69, 9.17) is 35.4 Å². The molecule has 0 saturated carbocycles. The van der Waals surface area contributed by atoms with E-state index in [1.54, 1.807) is 18.2 Å². The van der Waals surface area contributed by atoms with Crippen LogP contribution in [0.25, 0.3) is 0 Å². The van der Waals surface area contributed by atoms with E-state index in [1.807, 2.05) is 20.8 Å². The highest BCUT2D eigenvalue weighted by Gasteiger charge is 2.09. The molecule has 0 saturated heterocycles. The summed E-state index contributed by atoms with van der Waals surface area (Å²) in [5, 5.41) is 4.47. The summed E-state index contributed by atoms with van der Waals surface area (Å²) in [6, 6.07) is 5.24. The molecule has 0 spiro atoms. The van der Waals surface area contributed by atoms with Crippen LogP contribution in [0.15, 0.2) is 18.2 Å². The number of benzene rings is 1. The fourth-order valence-electron chi connectivity index (χ4n) is 0.980. The Morgan fingerprint density at radius 2 is 1.82 bits per heavy atom. The summed E-state index contributed by atoms with van der Waals surface area (Å²) in [6.45, 7) is 6.09. The number of rotatable bonds is 2. The van der Waals surface area contributed by atoms with E-state index in [0.717, 1.165) is 5.69 Å². The molecule has 0 aromatic heterocycles. The first-order chi connectivity index (χ1) is 7.78. The Balaban J connectivity index is 2.54. The van der Waals surface area contributed by atoms with Gasteiger partial charge in [-0.25, -0.2) is 5.43 Å². The minimum absolute atomic E-state index is 0.0661. The van der Waals surface area contributed by atoms with Crippen molar-refractivity contribution in [1.29, 1.82) is 0 Å². The number of anilines is 1. The van der Waals surface area contributed by atoms with Crippen molar-refractivity contribution in [3.8, 4) is 0 Å². The number of hydrogen-bond acceptors (Lipinski definition) is 2. The predicted molar refractivity (Wildman–Crippen MR) is 78.7 cm³/mol. The van der Waals surface area contributed by atoms with Crippen LogP contribution in [-0.4, -0.2) is 10.7 Å². The minimum atomic E-state index is -0.0661. The van der Waals surface area contributed by atoms with Crippen LogP contribution in [0, 0.1) is 0 Å². The molecule has 94 valence electrons. The van der Waals surface area contributed by atoms with Gasteiger partial charge in [-0.05, 0) is 51.2 Å². The predicted octanol–water partition coefficient (Wildman–Crippen LogP) is 3.58. The zero-order valence-electron chi connectivity index (χ0n) is 9.90. The quantitative estimate of drug-likeness (QED) is 0.575. The van der Waals surface area contributed by atoms with Crippen LogP contribution in [0.1, 0.15) is 20.8 Å². The Morgan fingerprint density at radius 1 is 1.18 bits per heavy atom. The number of halogens is 2. The maximum Gasteiger partial charge on any atom is 0.185 e. The molecule has 0 radical (unpaired) electrons. The van der Waals surface area contributed by atoms with E-state index < -0.39 is 0 Å². The van der Waals surface area contributed by atoms with E-state index in [0.29, 0.717) is 15.2 Å². The van der Waals surface area contributed by atoms with Crippen molar-refractivity contribution in [2.75, 3.05) is 5.32 Å². The van der Waals surface area contributed by atoms with Crippen LogP contribution >= 0.6 is 35.4 Å². The summed E-state index contributed by atoms with van der Waals surface area (Å²) in [6.07, 6.45) is 0. The van der Waals surface area contributed by atoms with E-state index in [2.05, 4.69) is 16.2 Å². The van der Waals surface area contributed by atoms with Crippen molar-refractivity contribution in [2.24, 2.45) is 0 Å². The van der Waals surface area contributed by atoms with Crippen molar-refractivity contribution in [1.82, 2.24) is 10.9 Å². The Labute approximate surface area is 117 Å². The summed E-state index contributed by atoms with van der Waals surface area (Å²) < 4.78 is 0. The van der Waals surface area contributed by atoms with Crippen molar-refractivity contribution in [3.63, 3.8) is 0 Å². The summed E-state index contributed by atoms with van der Waals surface area (Å²) in [7, 11) is 0. The zero-order valence-corrected chi connectivity index (χ0v) is 12.2. The first-order valence-corrected chi connectivity index (χ1v) is 6.23. The zero-order chi connectivity index (χ0) is 13.1. The van der Waals surface area contributed by atoms with Crippen molar-refractivity contribution >= 4 is 46.2 Å². The Hall–Kier alpha value is -0.550. The monoisotopic (exact) mass is 291 g/mol. The summed E-state index contributed by atoms with van der Waals surface area (Å²) >= 11 is 16.8. The molecule has 0 aliphatic heterocycles. The Kier molecular flexibility index (Phi) is 5.01. The van der Waals surface area contributed by atoms with Gasteiger partial charge in [0.05, 0.1) is 10.0 Å². The Morgan fingerprint density at radius 3 is 2.35 bits per heavy atom. The average Bonchev–Trinajstić information content (AvgIpc) is 2.20. The summed E-state index contributed by atoms with van der Waals surface area (Å²) in [5.41, 5.74) is 6.67. The molecule has 17 heavy (non-hydrogen) atoms. The van der Waals surface area contributed by atoms with Crippen LogP contribution < -0.4 is 16.2 Å². The third-order valence-electron chi connectivity index (χ3n) is 1.73. The summed E-state index contributed by atoms with van der Waals surface area (Å²) in [4.78, 5) is 0. The van der Waals surface area contributed by atoms with Crippen LogP contribution in [0.4, 0.5) is 5.69 Å². The van der Waals surface area contributed by atoms with Crippen molar-refractivity contribution in [2.45, 2.75) is 26.3 Å². The molecule has 0 unspecified atom stereocenters. The maximum atomic E-state index is 5.90. The van der Waals surface area contributed by atoms with Gasteiger partial charge in [-0.1, -0.05) is 23.2 Å². The van der Waals surface area contributed by atoms with Crippen LogP contribution in [-0.2, 0) is 0 Å². The smallest absolute Gasteiger partial charge is 0.185 e. The van der Waals surface area contributed by atoms with Gasteiger partial charge < -0.3 is 5.32 Å². The SMILES string of the molecule is CC(C)(C)NNC(=S)Nc1ccc(Cl)c(Cl)c1. The number of hydrazine groups is 1. The van der Waals surface area contributed by atoms with Gasteiger partial charge in [-0.15, -0.1) is 0 Å². The van der Waals surface area contributed by atoms with E-state index >= 15 is 0 Å². The molecule has 3 nitrogen and oxygen atoms in total. The fourth-order valence-corrected chi connectivity index (χ4v) is 1.45. The highest BCUT2D eigenvalue weighted by Crippen LogP contribution is 2.24. The van der Waals surface area contributed by atoms with E-state index in [9.17, 15) is 0 Å². The second kappa shape index (κ2) is 5.87. The molecule has 1 aromatic rings. The molecule has 1 rings (SSSR count). The molecule has 0 aliphatic rings. The third-order valence-corrected chi connectivity index (χ3v) is 2.67. The normalized spacial score (nSPS) is 11.1. The van der Waals surface area contributed by atoms with Gasteiger partial charge in [0, 0.05) is 11.2 Å². The molecule has 0 heterocycles. The molecular weight excluding hydrogens is 277 g/mol. The fraction of sp³-hybridized carbons (Fsp3) is 0.364. The van der Waals surface area contributed by atoms with Gasteiger partial charge in [0.25, 0.3) is 0 Å². The molecule has 0 aliphatic carbocycles. The lowest BCUT2D eigenvalue weighted by molar-refractivity contribution is 0.405. The lowest BCUT2D eigenvalue weighted by Crippen LogP contribution is -2.50. The molecular formula is C11H15Cl2N3S. The van der Waals surface area contributed by atoms with Gasteiger partial charge in [0.15, 0.2) is 5.11 Å². The number of thiocarbonyl (C=S) groups is 1. The van der Waals surface area contributed by atoms with E-state index in [1.165, 1.54) is 0 Å². The molecule has 0 bridgehead atoms. The van der Waals surface area contributed by atoms with Gasteiger partial charge in [0.1, 0.15) is 0 Å². The Bertz CT molecular complexity index is 416. The molecule has 0 amide bonds. The lowest BCUT2D eigenvalue weighted by atomic mass is 10.1. The molecule has 6 heteroatoms. The molecule has 0 atom stereocenters. The number of hydrogen-bond donors (Lipinski definition) is 3. The van der Waals surface area contributed by atoms with Gasteiger partial charge >= 0.3 is 0 Å². The topological polar surface area (TPSA) is 36.1 Å². The van der Waals surface area contributed by atoms with Crippen LogP contribution in [0.3, 0.4) is 0 Å². The largest absolute Gasteiger partial charge is 0.332 e. The average molecular weight is 292 g/mol. The van der Waals surface area contributed by atoms with Gasteiger partial charge in [0.2, 0.25) is 0 Å². The highest BCUT2D eigenvalue weighted by atomic mass is 35.5. The third kappa shape index (κ3) is 5.55. The minimum Gasteiger partial charge on any atom is -0.332 e. The number of nitrogens with one attached hydrogen (secondary N) is 3. The van der Waals surface area contributed by atoms with E-state index in [-0.39, 0.29) is 5.54 Å². The van der Waals surface area contributed by atoms with Gasteiger partial charge in [-0.2, -0.15) is 0 Å². The second-order valence-electron chi connectivity index (χ2n) is 4.58. The summed E-state index contributed by atoms with van der Waals surface area (Å²) in [5.74, 6) is 0. The lowest BCUT2D eigenvalue weighted by Gasteiger charge is -2.22. The molecule has 3 N–H and O–H groups in total. The van der Waals surface area contributed by atoms with Crippen LogP contribution in [0.5, 0.6) is 0 Å². The molecule has 0 fully saturated rings. The first-order valence-electron chi connectivity index (χ1n) is 5.07. The standard InChI is InChI=1S/C11H15Cl2N3S/c1-11(2,3)16-15-10(17)14-7-4-5-8(12)9(13)6-7/h4-6,16H,1-3H3,(H2,14,15,17). The van der Waals surface area contributed by atoms with Crippen molar-refractivity contribution < 1.29 is 0 Å². The van der Waals surface area contributed by atoms with Gasteiger partial charge in [-0.3, -0.25) is 5.43 Å². The van der Waals surface area contributed by atoms with Crippen LogP contribution in [0.2, 0.25) is 10.0 Å². The van der Waals surface area contributed by atoms with Crippen molar-refractivity contribution in [3.05, 3.63) is 28.2 Å². The maximum absolute atomic E-state index is 5.90. The second-order valence-corrected chi connectivity index (χ2v) is 5.81. The first kappa shape index (κ1) is 14.5. The molecule has 1 aromatic carbocycles. The highest BCUT2D eigenvalue weighted by molar-refractivity contribution is 7.80.